The lowest BCUT2D eigenvalue weighted by Gasteiger charge is -2.17. The summed E-state index contributed by atoms with van der Waals surface area (Å²) in [5.74, 6) is -0.395. The molecular formula is C25H22F2N2O5S. The number of anilines is 1. The molecule has 0 spiro atoms. The maximum Gasteiger partial charge on any atom is 0.586 e. The molecule has 1 aliphatic heterocycles. The molecule has 1 fully saturated rings. The van der Waals surface area contributed by atoms with Crippen molar-refractivity contribution in [3.63, 3.8) is 0 Å². The molecule has 182 valence electrons. The summed E-state index contributed by atoms with van der Waals surface area (Å²) in [7, 11) is -2.19. The van der Waals surface area contributed by atoms with Crippen LogP contribution in [0.5, 0.6) is 11.5 Å². The van der Waals surface area contributed by atoms with Crippen LogP contribution in [0.2, 0.25) is 0 Å². The molecule has 0 unspecified atom stereocenters. The van der Waals surface area contributed by atoms with Crippen LogP contribution in [0.4, 0.5) is 14.5 Å². The fourth-order valence-corrected chi connectivity index (χ4v) is 4.94. The molecule has 1 aliphatic carbocycles. The van der Waals surface area contributed by atoms with Gasteiger partial charge < -0.3 is 14.8 Å². The predicted octanol–water partition coefficient (Wildman–Crippen LogP) is 4.56. The molecule has 7 nitrogen and oxygen atoms in total. The zero-order chi connectivity index (χ0) is 25.0. The van der Waals surface area contributed by atoms with Gasteiger partial charge in [0.25, 0.3) is 0 Å². The van der Waals surface area contributed by atoms with Crippen molar-refractivity contribution >= 4 is 21.6 Å². The lowest BCUT2D eigenvalue weighted by atomic mass is 9.94. The van der Waals surface area contributed by atoms with Crippen LogP contribution >= 0.6 is 0 Å². The smallest absolute Gasteiger partial charge is 0.395 e. The number of carbonyl (C=O) groups is 1. The Bertz CT molecular complexity index is 1430. The van der Waals surface area contributed by atoms with Crippen LogP contribution in [0.1, 0.15) is 24.0 Å². The van der Waals surface area contributed by atoms with E-state index in [1.165, 1.54) is 31.3 Å². The Labute approximate surface area is 201 Å². The van der Waals surface area contributed by atoms with E-state index in [-0.39, 0.29) is 22.3 Å². The lowest BCUT2D eigenvalue weighted by molar-refractivity contribution is -0.286. The first-order valence-electron chi connectivity index (χ1n) is 10.9. The number of carbonyl (C=O) groups excluding carboxylic acids is 1. The number of hydrogen-bond acceptors (Lipinski definition) is 5. The fourth-order valence-electron chi connectivity index (χ4n) is 4.21. The first-order valence-corrected chi connectivity index (χ1v) is 12.4. The molecular weight excluding hydrogens is 478 g/mol. The molecule has 1 heterocycles. The van der Waals surface area contributed by atoms with Crippen molar-refractivity contribution in [3.8, 4) is 22.6 Å². The molecule has 0 atom stereocenters. The van der Waals surface area contributed by atoms with Gasteiger partial charge in [-0.2, -0.15) is 0 Å². The second-order valence-electron chi connectivity index (χ2n) is 8.63. The van der Waals surface area contributed by atoms with Gasteiger partial charge in [-0.25, -0.2) is 13.1 Å². The largest absolute Gasteiger partial charge is 0.586 e. The van der Waals surface area contributed by atoms with Crippen molar-refractivity contribution in [2.75, 3.05) is 12.4 Å². The Hall–Kier alpha value is -3.50. The summed E-state index contributed by atoms with van der Waals surface area (Å²) >= 11 is 0. The van der Waals surface area contributed by atoms with Gasteiger partial charge in [0.1, 0.15) is 0 Å². The van der Waals surface area contributed by atoms with Crippen molar-refractivity contribution in [1.82, 2.24) is 4.72 Å². The molecule has 0 saturated heterocycles. The van der Waals surface area contributed by atoms with E-state index >= 15 is 0 Å². The molecule has 1 amide bonds. The molecule has 35 heavy (non-hydrogen) atoms. The van der Waals surface area contributed by atoms with E-state index in [0.29, 0.717) is 24.1 Å². The molecule has 3 aromatic rings. The highest BCUT2D eigenvalue weighted by Gasteiger charge is 2.52. The van der Waals surface area contributed by atoms with Crippen LogP contribution < -0.4 is 19.5 Å². The van der Waals surface area contributed by atoms with E-state index in [2.05, 4.69) is 19.5 Å². The minimum absolute atomic E-state index is 0.0633. The molecule has 2 N–H and O–H groups in total. The average Bonchev–Trinajstić information content (AvgIpc) is 3.57. The minimum atomic E-state index is -3.71. The maximum atomic E-state index is 13.4. The van der Waals surface area contributed by atoms with Crippen LogP contribution in [0.25, 0.3) is 11.1 Å². The topological polar surface area (TPSA) is 93.7 Å². The first kappa shape index (κ1) is 23.3. The van der Waals surface area contributed by atoms with Gasteiger partial charge in [-0.3, -0.25) is 4.79 Å². The predicted molar refractivity (Wildman–Crippen MR) is 125 cm³/mol. The molecule has 5 rings (SSSR count). The number of nitrogens with one attached hydrogen (secondary N) is 2. The number of fused-ring (bicyclic) bond motifs is 1. The van der Waals surface area contributed by atoms with Crippen LogP contribution in [0, 0.1) is 6.92 Å². The number of amides is 1. The molecule has 3 aromatic carbocycles. The SMILES string of the molecule is CNS(=O)(=O)c1ccc(-c2cc(NC(=O)C3(c4ccc5c(c4)OC(F)(F)O5)CC3)ccc2C)cc1. The van der Waals surface area contributed by atoms with Crippen LogP contribution in [0.15, 0.2) is 65.6 Å². The summed E-state index contributed by atoms with van der Waals surface area (Å²) in [5.41, 5.74) is 2.91. The Kier molecular flexibility index (Phi) is 5.33. The van der Waals surface area contributed by atoms with Gasteiger partial charge in [-0.1, -0.05) is 24.3 Å². The highest BCUT2D eigenvalue weighted by molar-refractivity contribution is 7.89. The molecule has 1 saturated carbocycles. The van der Waals surface area contributed by atoms with Crippen LogP contribution in [-0.2, 0) is 20.2 Å². The summed E-state index contributed by atoms with van der Waals surface area (Å²) < 4.78 is 62.0. The van der Waals surface area contributed by atoms with E-state index in [1.807, 2.05) is 19.1 Å². The van der Waals surface area contributed by atoms with Gasteiger partial charge in [0.2, 0.25) is 15.9 Å². The first-order chi connectivity index (χ1) is 16.5. The quantitative estimate of drug-likeness (QED) is 0.518. The van der Waals surface area contributed by atoms with Crippen LogP contribution in [-0.4, -0.2) is 27.7 Å². The van der Waals surface area contributed by atoms with E-state index in [0.717, 1.165) is 16.7 Å². The van der Waals surface area contributed by atoms with Crippen LogP contribution in [0.3, 0.4) is 0 Å². The third kappa shape index (κ3) is 4.23. The summed E-state index contributed by atoms with van der Waals surface area (Å²) in [5, 5.41) is 2.94. The number of hydrogen-bond donors (Lipinski definition) is 2. The van der Waals surface area contributed by atoms with Gasteiger partial charge in [-0.05, 0) is 85.5 Å². The second kappa shape index (κ2) is 8.03. The summed E-state index contributed by atoms with van der Waals surface area (Å²) in [6.07, 6.45) is -2.56. The van der Waals surface area contributed by atoms with Crippen molar-refractivity contribution in [2.24, 2.45) is 0 Å². The minimum Gasteiger partial charge on any atom is -0.395 e. The van der Waals surface area contributed by atoms with Crippen molar-refractivity contribution in [1.29, 1.82) is 0 Å². The molecule has 0 aromatic heterocycles. The molecule has 2 aliphatic rings. The molecule has 10 heteroatoms. The normalized spacial score (nSPS) is 17.1. The third-order valence-corrected chi connectivity index (χ3v) is 7.81. The van der Waals surface area contributed by atoms with Crippen molar-refractivity contribution < 1.29 is 31.5 Å². The van der Waals surface area contributed by atoms with Gasteiger partial charge in [0.15, 0.2) is 11.5 Å². The fraction of sp³-hybridized carbons (Fsp3) is 0.240. The number of sulfonamides is 1. The molecule has 0 bridgehead atoms. The number of rotatable bonds is 6. The lowest BCUT2D eigenvalue weighted by Crippen LogP contribution is -2.28. The van der Waals surface area contributed by atoms with Gasteiger partial charge >= 0.3 is 6.29 Å². The third-order valence-electron chi connectivity index (χ3n) is 6.38. The van der Waals surface area contributed by atoms with Gasteiger partial charge in [-0.15, -0.1) is 8.78 Å². The summed E-state index contributed by atoms with van der Waals surface area (Å²) in [6, 6.07) is 16.4. The second-order valence-corrected chi connectivity index (χ2v) is 10.5. The number of benzene rings is 3. The number of halogens is 2. The van der Waals surface area contributed by atoms with Crippen molar-refractivity contribution in [3.05, 3.63) is 71.8 Å². The Morgan fingerprint density at radius 3 is 2.29 bits per heavy atom. The number of ether oxygens (including phenoxy) is 2. The number of alkyl halides is 2. The molecule has 0 radical (unpaired) electrons. The summed E-state index contributed by atoms with van der Waals surface area (Å²) in [6.45, 7) is 1.92. The highest BCUT2D eigenvalue weighted by Crippen LogP contribution is 2.52. The number of aryl methyl sites for hydroxylation is 1. The Balaban J connectivity index is 1.38. The van der Waals surface area contributed by atoms with E-state index in [9.17, 15) is 22.0 Å². The Morgan fingerprint density at radius 1 is 0.943 bits per heavy atom. The van der Waals surface area contributed by atoms with Crippen molar-refractivity contribution in [2.45, 2.75) is 36.4 Å². The zero-order valence-corrected chi connectivity index (χ0v) is 19.7. The average molecular weight is 501 g/mol. The Morgan fingerprint density at radius 2 is 1.63 bits per heavy atom. The summed E-state index contributed by atoms with van der Waals surface area (Å²) in [4.78, 5) is 13.4. The van der Waals surface area contributed by atoms with E-state index in [4.69, 9.17) is 0 Å². The van der Waals surface area contributed by atoms with E-state index in [1.54, 1.807) is 24.3 Å². The van der Waals surface area contributed by atoms with Gasteiger partial charge in [0, 0.05) is 5.69 Å². The monoisotopic (exact) mass is 500 g/mol. The maximum absolute atomic E-state index is 13.4. The highest BCUT2D eigenvalue weighted by atomic mass is 32.2. The zero-order valence-electron chi connectivity index (χ0n) is 18.9. The standard InChI is InChI=1S/C25H22F2N2O5S/c1-15-3-7-18(14-20(15)16-4-8-19(9-5-16)35(31,32)28-2)29-23(30)24(11-12-24)17-6-10-21-22(13-17)34-25(26,27)33-21/h3-10,13-14,28H,11-12H2,1-2H3,(H,29,30). The van der Waals surface area contributed by atoms with Gasteiger partial charge in [0.05, 0.1) is 10.3 Å². The van der Waals surface area contributed by atoms with E-state index < -0.39 is 21.7 Å².